The van der Waals surface area contributed by atoms with Crippen LogP contribution in [-0.4, -0.2) is 33.2 Å². The van der Waals surface area contributed by atoms with E-state index in [1.54, 1.807) is 25.3 Å². The van der Waals surface area contributed by atoms with Crippen molar-refractivity contribution in [3.8, 4) is 17.6 Å². The average Bonchev–Trinajstić information content (AvgIpc) is 2.80. The Kier molecular flexibility index (Phi) is 15.6. The Balaban J connectivity index is 2.02. The maximum atomic E-state index is 11.0. The molecular weight excluding hydrogens is 466 g/mol. The van der Waals surface area contributed by atoms with Crippen molar-refractivity contribution in [2.45, 2.75) is 122 Å². The van der Waals surface area contributed by atoms with Crippen molar-refractivity contribution in [1.29, 1.82) is 0 Å². The van der Waals surface area contributed by atoms with E-state index < -0.39 is 14.4 Å². The van der Waals surface area contributed by atoms with Crippen LogP contribution in [0.4, 0.5) is 10.5 Å². The topological polar surface area (TPSA) is 67.8 Å². The standard InChI is InChI=1S/C30H51NO4Si/c1-30(2,3)36(5,6)35-24-20-18-16-14-12-10-8-7-9-11-13-15-17-19-21-26-25-27(34-4)22-23-28(26)31-29(32)33/h22-23,25,31H,7-18,20,24H2,1-6H3,(H,32,33). The summed E-state index contributed by atoms with van der Waals surface area (Å²) in [6.45, 7) is 12.5. The number of amides is 1. The number of carbonyl (C=O) groups is 1. The molecule has 0 spiro atoms. The van der Waals surface area contributed by atoms with Gasteiger partial charge in [-0.05, 0) is 49.2 Å². The maximum Gasteiger partial charge on any atom is 0.409 e. The van der Waals surface area contributed by atoms with Crippen molar-refractivity contribution in [3.05, 3.63) is 23.8 Å². The van der Waals surface area contributed by atoms with Crippen molar-refractivity contribution in [2.75, 3.05) is 19.0 Å². The van der Waals surface area contributed by atoms with Crippen LogP contribution in [0.3, 0.4) is 0 Å². The third-order valence-electron chi connectivity index (χ3n) is 7.16. The molecule has 0 bridgehead atoms. The van der Waals surface area contributed by atoms with Gasteiger partial charge in [0, 0.05) is 13.0 Å². The molecule has 5 nitrogen and oxygen atoms in total. The number of unbranched alkanes of at least 4 members (excludes halogenated alkanes) is 12. The fourth-order valence-electron chi connectivity index (χ4n) is 3.76. The normalized spacial score (nSPS) is 11.6. The Morgan fingerprint density at radius 2 is 1.44 bits per heavy atom. The summed E-state index contributed by atoms with van der Waals surface area (Å²) >= 11 is 0. The van der Waals surface area contributed by atoms with Gasteiger partial charge < -0.3 is 14.3 Å². The van der Waals surface area contributed by atoms with Crippen LogP contribution in [0.25, 0.3) is 0 Å². The minimum absolute atomic E-state index is 0.311. The minimum atomic E-state index is -1.57. The van der Waals surface area contributed by atoms with E-state index in [1.165, 1.54) is 70.6 Å². The summed E-state index contributed by atoms with van der Waals surface area (Å²) in [6.07, 6.45) is 15.2. The van der Waals surface area contributed by atoms with Crippen molar-refractivity contribution in [2.24, 2.45) is 0 Å². The second-order valence-electron chi connectivity index (χ2n) is 11.2. The van der Waals surface area contributed by atoms with Crippen molar-refractivity contribution in [1.82, 2.24) is 0 Å². The van der Waals surface area contributed by atoms with Crippen LogP contribution >= 0.6 is 0 Å². The summed E-state index contributed by atoms with van der Waals surface area (Å²) in [6, 6.07) is 5.18. The number of ether oxygens (including phenoxy) is 1. The molecule has 0 unspecified atom stereocenters. The molecular formula is C30H51NO4Si. The van der Waals surface area contributed by atoms with Gasteiger partial charge in [0.25, 0.3) is 0 Å². The summed E-state index contributed by atoms with van der Waals surface area (Å²) in [5, 5.41) is 11.7. The summed E-state index contributed by atoms with van der Waals surface area (Å²) in [5.74, 6) is 6.94. The molecule has 1 aromatic carbocycles. The van der Waals surface area contributed by atoms with E-state index in [0.29, 0.717) is 22.0 Å². The predicted molar refractivity (Wildman–Crippen MR) is 155 cm³/mol. The molecule has 0 aliphatic rings. The van der Waals surface area contributed by atoms with E-state index >= 15 is 0 Å². The number of benzene rings is 1. The maximum absolute atomic E-state index is 11.0. The zero-order valence-electron chi connectivity index (χ0n) is 23.8. The highest BCUT2D eigenvalue weighted by Crippen LogP contribution is 2.36. The highest BCUT2D eigenvalue weighted by Gasteiger charge is 2.36. The van der Waals surface area contributed by atoms with Gasteiger partial charge in [0.05, 0.1) is 18.4 Å². The number of rotatable bonds is 17. The van der Waals surface area contributed by atoms with Crippen LogP contribution in [0.1, 0.15) is 110 Å². The molecule has 0 aromatic heterocycles. The number of hydrogen-bond donors (Lipinski definition) is 2. The van der Waals surface area contributed by atoms with Gasteiger partial charge in [0.1, 0.15) is 5.75 Å². The molecule has 1 aromatic rings. The lowest BCUT2D eigenvalue weighted by molar-refractivity contribution is 0.209. The Morgan fingerprint density at radius 1 is 0.917 bits per heavy atom. The summed E-state index contributed by atoms with van der Waals surface area (Å²) in [4.78, 5) is 11.0. The first-order valence-electron chi connectivity index (χ1n) is 13.9. The molecule has 0 fully saturated rings. The third-order valence-corrected chi connectivity index (χ3v) is 11.7. The van der Waals surface area contributed by atoms with E-state index in [0.717, 1.165) is 19.4 Å². The highest BCUT2D eigenvalue weighted by molar-refractivity contribution is 6.74. The Bertz CT molecular complexity index is 820. The fraction of sp³-hybridized carbons (Fsp3) is 0.700. The molecule has 0 radical (unpaired) electrons. The summed E-state index contributed by atoms with van der Waals surface area (Å²) in [7, 11) is 0.0209. The van der Waals surface area contributed by atoms with E-state index in [1.807, 2.05) is 0 Å². The van der Waals surface area contributed by atoms with E-state index in [9.17, 15) is 4.79 Å². The second kappa shape index (κ2) is 17.5. The molecule has 0 aliphatic carbocycles. The van der Waals surface area contributed by atoms with Gasteiger partial charge in [-0.25, -0.2) is 4.79 Å². The quantitative estimate of drug-likeness (QED) is 0.123. The van der Waals surface area contributed by atoms with Crippen LogP contribution in [-0.2, 0) is 4.43 Å². The molecule has 1 rings (SSSR count). The number of nitrogens with one attached hydrogen (secondary N) is 1. The first kappa shape index (κ1) is 32.1. The monoisotopic (exact) mass is 517 g/mol. The van der Waals surface area contributed by atoms with E-state index in [4.69, 9.17) is 14.3 Å². The van der Waals surface area contributed by atoms with E-state index in [-0.39, 0.29) is 0 Å². The van der Waals surface area contributed by atoms with Crippen LogP contribution in [0.2, 0.25) is 18.1 Å². The molecule has 1 amide bonds. The summed E-state index contributed by atoms with van der Waals surface area (Å²) < 4.78 is 11.5. The molecule has 0 aliphatic heterocycles. The van der Waals surface area contributed by atoms with Crippen molar-refractivity contribution in [3.63, 3.8) is 0 Å². The molecule has 0 saturated heterocycles. The fourth-order valence-corrected chi connectivity index (χ4v) is 4.85. The molecule has 6 heteroatoms. The minimum Gasteiger partial charge on any atom is -0.497 e. The zero-order chi connectivity index (χ0) is 26.9. The van der Waals surface area contributed by atoms with Gasteiger partial charge in [-0.15, -0.1) is 0 Å². The van der Waals surface area contributed by atoms with E-state index in [2.05, 4.69) is 51.0 Å². The largest absolute Gasteiger partial charge is 0.497 e. The van der Waals surface area contributed by atoms with Crippen LogP contribution in [0.15, 0.2) is 18.2 Å². The van der Waals surface area contributed by atoms with Gasteiger partial charge in [-0.1, -0.05) is 96.8 Å². The summed E-state index contributed by atoms with van der Waals surface area (Å²) in [5.41, 5.74) is 1.14. The number of hydrogen-bond acceptors (Lipinski definition) is 3. The Morgan fingerprint density at radius 3 is 1.94 bits per heavy atom. The second-order valence-corrected chi connectivity index (χ2v) is 16.1. The van der Waals surface area contributed by atoms with Gasteiger partial charge in [0.2, 0.25) is 0 Å². The van der Waals surface area contributed by atoms with Crippen LogP contribution < -0.4 is 10.1 Å². The molecule has 0 atom stereocenters. The van der Waals surface area contributed by atoms with Crippen LogP contribution in [0.5, 0.6) is 5.75 Å². The first-order valence-corrected chi connectivity index (χ1v) is 16.8. The number of carboxylic acid groups (broad SMARTS) is 1. The first-order chi connectivity index (χ1) is 17.1. The molecule has 0 heterocycles. The predicted octanol–water partition coefficient (Wildman–Crippen LogP) is 9.23. The number of methoxy groups -OCH3 is 1. The Labute approximate surface area is 221 Å². The van der Waals surface area contributed by atoms with Gasteiger partial charge in [-0.2, -0.15) is 0 Å². The molecule has 36 heavy (non-hydrogen) atoms. The van der Waals surface area contributed by atoms with Crippen molar-refractivity contribution >= 4 is 20.1 Å². The molecule has 0 saturated carbocycles. The molecule has 204 valence electrons. The van der Waals surface area contributed by atoms with Gasteiger partial charge in [0.15, 0.2) is 8.32 Å². The lowest BCUT2D eigenvalue weighted by atomic mass is 10.0. The van der Waals surface area contributed by atoms with Gasteiger partial charge >= 0.3 is 6.09 Å². The molecule has 2 N–H and O–H groups in total. The lowest BCUT2D eigenvalue weighted by Gasteiger charge is -2.36. The smallest absolute Gasteiger partial charge is 0.409 e. The number of anilines is 1. The highest BCUT2D eigenvalue weighted by atomic mass is 28.4. The SMILES string of the molecule is COc1ccc(NC(=O)O)c(C#CCCCCCCCCCCCCCCO[Si](C)(C)C(C)(C)C)c1. The lowest BCUT2D eigenvalue weighted by Crippen LogP contribution is -2.40. The Hall–Kier alpha value is -1.97. The third kappa shape index (κ3) is 13.9. The average molecular weight is 518 g/mol. The zero-order valence-corrected chi connectivity index (χ0v) is 24.8. The van der Waals surface area contributed by atoms with Crippen LogP contribution in [0, 0.1) is 11.8 Å². The van der Waals surface area contributed by atoms with Crippen molar-refractivity contribution < 1.29 is 19.1 Å². The van der Waals surface area contributed by atoms with Gasteiger partial charge in [-0.3, -0.25) is 5.32 Å².